The van der Waals surface area contributed by atoms with Crippen LogP contribution in [0.3, 0.4) is 0 Å². The highest BCUT2D eigenvalue weighted by Crippen LogP contribution is 2.15. The first-order valence-electron chi connectivity index (χ1n) is 21.3. The number of esters is 2. The van der Waals surface area contributed by atoms with Crippen LogP contribution in [0, 0.1) is 0 Å². The van der Waals surface area contributed by atoms with Crippen LogP contribution >= 0.6 is 0 Å². The van der Waals surface area contributed by atoms with Crippen LogP contribution in [-0.4, -0.2) is 47.6 Å². The second kappa shape index (κ2) is 40.6. The maximum absolute atomic E-state index is 12.0. The summed E-state index contributed by atoms with van der Waals surface area (Å²) in [5.41, 5.74) is 0. The predicted molar refractivity (Wildman–Crippen MR) is 216 cm³/mol. The smallest absolute Gasteiger partial charge is 0.305 e. The summed E-state index contributed by atoms with van der Waals surface area (Å²) in [5, 5.41) is 20.0. The van der Waals surface area contributed by atoms with Gasteiger partial charge in [0.2, 0.25) is 0 Å². The summed E-state index contributed by atoms with van der Waals surface area (Å²) in [4.78, 5) is 24.0. The van der Waals surface area contributed by atoms with Crippen molar-refractivity contribution in [1.82, 2.24) is 0 Å². The lowest BCUT2D eigenvalue weighted by Crippen LogP contribution is -2.25. The highest BCUT2D eigenvalue weighted by atomic mass is 16.6. The highest BCUT2D eigenvalue weighted by Gasteiger charge is 2.12. The average molecular weight is 717 g/mol. The number of hydrogen-bond donors (Lipinski definition) is 2. The summed E-state index contributed by atoms with van der Waals surface area (Å²) in [6.45, 7) is 4.16. The van der Waals surface area contributed by atoms with Gasteiger partial charge in [-0.1, -0.05) is 191 Å². The maximum Gasteiger partial charge on any atom is 0.305 e. The molecule has 296 valence electrons. The Morgan fingerprint density at radius 3 is 1.45 bits per heavy atom. The second-order valence-corrected chi connectivity index (χ2v) is 14.3. The molecule has 0 aliphatic heterocycles. The van der Waals surface area contributed by atoms with Crippen LogP contribution in [0.1, 0.15) is 200 Å². The number of aliphatic hydroxyl groups is 2. The van der Waals surface area contributed by atoms with Gasteiger partial charge in [0.1, 0.15) is 19.3 Å². The molecule has 6 nitrogen and oxygen atoms in total. The van der Waals surface area contributed by atoms with Crippen molar-refractivity contribution in [3.63, 3.8) is 0 Å². The normalized spacial score (nSPS) is 13.3. The zero-order valence-corrected chi connectivity index (χ0v) is 33.2. The van der Waals surface area contributed by atoms with E-state index < -0.39 is 12.2 Å². The van der Waals surface area contributed by atoms with Crippen molar-refractivity contribution in [3.05, 3.63) is 48.6 Å². The molecule has 0 aliphatic rings. The van der Waals surface area contributed by atoms with Gasteiger partial charge in [0.05, 0.1) is 6.10 Å². The minimum absolute atomic E-state index is 0.148. The van der Waals surface area contributed by atoms with E-state index in [9.17, 15) is 19.8 Å². The molecular formula is C45H80O6. The molecule has 0 saturated carbocycles. The Hall–Kier alpha value is -2.18. The largest absolute Gasteiger partial charge is 0.463 e. The first-order valence-corrected chi connectivity index (χ1v) is 21.3. The van der Waals surface area contributed by atoms with Gasteiger partial charge in [0.15, 0.2) is 0 Å². The van der Waals surface area contributed by atoms with Gasteiger partial charge < -0.3 is 19.7 Å². The molecule has 0 aromatic carbocycles. The number of unbranched alkanes of at least 4 members (excludes halogenated alkanes) is 22. The maximum atomic E-state index is 12.0. The second-order valence-electron chi connectivity index (χ2n) is 14.3. The fourth-order valence-electron chi connectivity index (χ4n) is 5.87. The molecule has 0 saturated heterocycles. The van der Waals surface area contributed by atoms with Crippen molar-refractivity contribution >= 4 is 11.9 Å². The molecule has 0 aliphatic carbocycles. The molecule has 0 rings (SSSR count). The summed E-state index contributed by atoms with van der Waals surface area (Å²) in [6.07, 6.45) is 47.7. The molecule has 0 bridgehead atoms. The molecule has 51 heavy (non-hydrogen) atoms. The van der Waals surface area contributed by atoms with E-state index in [4.69, 9.17) is 9.47 Å². The van der Waals surface area contributed by atoms with E-state index >= 15 is 0 Å². The topological polar surface area (TPSA) is 93.1 Å². The van der Waals surface area contributed by atoms with Gasteiger partial charge in [-0.15, -0.1) is 0 Å². The summed E-state index contributed by atoms with van der Waals surface area (Å²) < 4.78 is 10.3. The third-order valence-corrected chi connectivity index (χ3v) is 9.15. The minimum Gasteiger partial charge on any atom is -0.463 e. The summed E-state index contributed by atoms with van der Waals surface area (Å²) >= 11 is 0. The van der Waals surface area contributed by atoms with Gasteiger partial charge in [0, 0.05) is 12.8 Å². The van der Waals surface area contributed by atoms with E-state index in [0.717, 1.165) is 38.5 Å². The van der Waals surface area contributed by atoms with E-state index in [1.54, 1.807) is 0 Å². The summed E-state index contributed by atoms with van der Waals surface area (Å²) in [5.74, 6) is -0.663. The van der Waals surface area contributed by atoms with Crippen molar-refractivity contribution in [2.75, 3.05) is 13.2 Å². The van der Waals surface area contributed by atoms with Crippen LogP contribution in [-0.2, 0) is 19.1 Å². The molecule has 0 spiro atoms. The molecule has 2 atom stereocenters. The SMILES string of the molecule is CCCCC/C=C\C=C/[C@@H](O)C/C=C\C/C=C/CCCC(=O)OC[C@H](O)COC(=O)CCCCCCCCCCCCCCCCCCCCC. The van der Waals surface area contributed by atoms with Crippen molar-refractivity contribution in [3.8, 4) is 0 Å². The number of aliphatic hydroxyl groups excluding tert-OH is 2. The molecule has 2 N–H and O–H groups in total. The number of allylic oxidation sites excluding steroid dienone is 6. The highest BCUT2D eigenvalue weighted by molar-refractivity contribution is 5.69. The molecule has 0 radical (unpaired) electrons. The number of carbonyl (C=O) groups excluding carboxylic acids is 2. The van der Waals surface area contributed by atoms with E-state index in [1.807, 2.05) is 42.5 Å². The molecular weight excluding hydrogens is 636 g/mol. The average Bonchev–Trinajstić information content (AvgIpc) is 3.12. The molecule has 0 amide bonds. The first kappa shape index (κ1) is 48.8. The standard InChI is InChI=1S/C45H80O6/c1-3-5-7-9-11-12-13-14-15-16-17-18-19-20-21-22-26-30-34-38-44(48)50-40-43(47)41-51-45(49)39-35-31-27-23-25-29-33-37-42(46)36-32-28-24-10-8-6-4-2/h23-24,27-29,32-33,36,42-43,46-47H,3-22,25-26,30-31,34-35,37-41H2,1-2H3/b27-23+,28-24-,33-29-,36-32-/t42-,43-/m1/s1. The van der Waals surface area contributed by atoms with Crippen LogP contribution in [0.5, 0.6) is 0 Å². The van der Waals surface area contributed by atoms with Gasteiger partial charge in [-0.2, -0.15) is 0 Å². The number of ether oxygens (including phenoxy) is 2. The van der Waals surface area contributed by atoms with Gasteiger partial charge >= 0.3 is 11.9 Å². The summed E-state index contributed by atoms with van der Waals surface area (Å²) in [6, 6.07) is 0. The van der Waals surface area contributed by atoms with E-state index in [1.165, 1.54) is 122 Å². The van der Waals surface area contributed by atoms with Crippen LogP contribution in [0.2, 0.25) is 0 Å². The van der Waals surface area contributed by atoms with Crippen LogP contribution in [0.4, 0.5) is 0 Å². The molecule has 0 unspecified atom stereocenters. The van der Waals surface area contributed by atoms with Gasteiger partial charge in [-0.05, 0) is 44.9 Å². The van der Waals surface area contributed by atoms with Gasteiger partial charge in [0.25, 0.3) is 0 Å². The quantitative estimate of drug-likeness (QED) is 0.0286. The van der Waals surface area contributed by atoms with Crippen molar-refractivity contribution in [2.24, 2.45) is 0 Å². The number of rotatable bonds is 38. The molecule has 0 fully saturated rings. The Morgan fingerprint density at radius 2 is 0.922 bits per heavy atom. The lowest BCUT2D eigenvalue weighted by atomic mass is 10.0. The van der Waals surface area contributed by atoms with Crippen molar-refractivity contribution < 1.29 is 29.3 Å². The first-order chi connectivity index (χ1) is 25.0. The van der Waals surface area contributed by atoms with Gasteiger partial charge in [-0.3, -0.25) is 9.59 Å². The Morgan fingerprint density at radius 1 is 0.490 bits per heavy atom. The Balaban J connectivity index is 3.54. The molecule has 0 heterocycles. The lowest BCUT2D eigenvalue weighted by Gasteiger charge is -2.12. The summed E-state index contributed by atoms with van der Waals surface area (Å²) in [7, 11) is 0. The Kier molecular flexibility index (Phi) is 38.9. The van der Waals surface area contributed by atoms with Crippen LogP contribution < -0.4 is 0 Å². The van der Waals surface area contributed by atoms with E-state index in [0.29, 0.717) is 19.3 Å². The third kappa shape index (κ3) is 40.4. The van der Waals surface area contributed by atoms with Crippen molar-refractivity contribution in [2.45, 2.75) is 212 Å². The van der Waals surface area contributed by atoms with Crippen molar-refractivity contribution in [1.29, 1.82) is 0 Å². The molecule has 0 aromatic rings. The van der Waals surface area contributed by atoms with E-state index in [2.05, 4.69) is 19.9 Å². The number of carbonyl (C=O) groups is 2. The van der Waals surface area contributed by atoms with E-state index in [-0.39, 0.29) is 31.6 Å². The lowest BCUT2D eigenvalue weighted by molar-refractivity contribution is -0.152. The fourth-order valence-corrected chi connectivity index (χ4v) is 5.87. The predicted octanol–water partition coefficient (Wildman–Crippen LogP) is 12.4. The third-order valence-electron chi connectivity index (χ3n) is 9.15. The zero-order valence-electron chi connectivity index (χ0n) is 33.2. The van der Waals surface area contributed by atoms with Gasteiger partial charge in [-0.25, -0.2) is 0 Å². The Bertz CT molecular complexity index is 876. The Labute approximate surface area is 314 Å². The van der Waals surface area contributed by atoms with Crippen LogP contribution in [0.25, 0.3) is 0 Å². The molecule has 0 aromatic heterocycles. The minimum atomic E-state index is -1.00. The van der Waals surface area contributed by atoms with Crippen LogP contribution in [0.15, 0.2) is 48.6 Å². The number of hydrogen-bond acceptors (Lipinski definition) is 6. The molecule has 6 heteroatoms. The monoisotopic (exact) mass is 717 g/mol. The fraction of sp³-hybridized carbons (Fsp3) is 0.778. The zero-order chi connectivity index (χ0) is 37.3.